The first-order valence-corrected chi connectivity index (χ1v) is 9.85. The Morgan fingerprint density at radius 3 is 2.20 bits per heavy atom. The van der Waals surface area contributed by atoms with Crippen LogP contribution in [-0.4, -0.2) is 32.8 Å². The maximum Gasteiger partial charge on any atom is 0.312 e. The molecule has 0 saturated heterocycles. The van der Waals surface area contributed by atoms with Crippen molar-refractivity contribution in [2.45, 2.75) is 65.0 Å². The molecule has 0 fully saturated rings. The first-order valence-electron chi connectivity index (χ1n) is 6.95. The zero-order valence-electron chi connectivity index (χ0n) is 13.9. The summed E-state index contributed by atoms with van der Waals surface area (Å²) in [4.78, 5) is 11.9. The first-order chi connectivity index (χ1) is 8.89. The number of ether oxygens (including phenoxy) is 1. The van der Waals surface area contributed by atoms with Crippen LogP contribution in [0.2, 0.25) is 18.1 Å². The zero-order valence-corrected chi connectivity index (χ0v) is 14.9. The summed E-state index contributed by atoms with van der Waals surface area (Å²) in [6.45, 7) is 15.9. The fraction of sp³-hybridized carbons (Fsp3) is 0.800. The second-order valence-electron chi connectivity index (χ2n) is 7.08. The highest BCUT2D eigenvalue weighted by atomic mass is 28.4. The molecule has 4 nitrogen and oxygen atoms in total. The number of hydrogen-bond donors (Lipinski definition) is 1. The minimum atomic E-state index is -2.06. The van der Waals surface area contributed by atoms with Crippen LogP contribution in [0.15, 0.2) is 12.7 Å². The maximum atomic E-state index is 11.9. The minimum absolute atomic E-state index is 0.00802. The second-order valence-corrected chi connectivity index (χ2v) is 11.8. The maximum absolute atomic E-state index is 11.9. The van der Waals surface area contributed by atoms with Gasteiger partial charge in [-0.25, -0.2) is 0 Å². The molecule has 0 aliphatic rings. The summed E-state index contributed by atoms with van der Waals surface area (Å²) in [5.74, 6) is -0.352. The molecule has 0 aromatic heterocycles. The van der Waals surface area contributed by atoms with Gasteiger partial charge in [0, 0.05) is 6.42 Å². The fourth-order valence-electron chi connectivity index (χ4n) is 1.76. The molecule has 0 bridgehead atoms. The monoisotopic (exact) mass is 302 g/mol. The van der Waals surface area contributed by atoms with Crippen molar-refractivity contribution in [1.29, 1.82) is 0 Å². The van der Waals surface area contributed by atoms with Crippen LogP contribution in [0, 0.1) is 5.41 Å². The molecule has 0 aromatic rings. The Labute approximate surface area is 124 Å². The average Bonchev–Trinajstić information content (AvgIpc) is 2.25. The minimum Gasteiger partial charge on any atom is -0.469 e. The van der Waals surface area contributed by atoms with E-state index in [4.69, 9.17) is 9.16 Å². The van der Waals surface area contributed by atoms with E-state index < -0.39 is 20.0 Å². The quantitative estimate of drug-likeness (QED) is 0.338. The number of esters is 1. The third-order valence-corrected chi connectivity index (χ3v) is 8.61. The smallest absolute Gasteiger partial charge is 0.312 e. The average molecular weight is 302 g/mol. The van der Waals surface area contributed by atoms with Gasteiger partial charge in [-0.2, -0.15) is 0 Å². The molecule has 5 heteroatoms. The SMILES string of the molecule is C=CCC(C)(C[C@@H](O)O[Si](C)(C)C(C)(C)C)C(=O)OC. The molecule has 0 aromatic carbocycles. The molecule has 118 valence electrons. The highest BCUT2D eigenvalue weighted by Gasteiger charge is 2.42. The van der Waals surface area contributed by atoms with Crippen molar-refractivity contribution in [3.8, 4) is 0 Å². The van der Waals surface area contributed by atoms with E-state index in [0.717, 1.165) is 0 Å². The highest BCUT2D eigenvalue weighted by molar-refractivity contribution is 6.74. The van der Waals surface area contributed by atoms with Gasteiger partial charge in [-0.3, -0.25) is 4.79 Å². The number of aliphatic hydroxyl groups is 1. The van der Waals surface area contributed by atoms with Crippen molar-refractivity contribution in [3.05, 3.63) is 12.7 Å². The lowest BCUT2D eigenvalue weighted by molar-refractivity contribution is -0.157. The summed E-state index contributed by atoms with van der Waals surface area (Å²) < 4.78 is 10.7. The molecule has 0 aliphatic carbocycles. The van der Waals surface area contributed by atoms with Gasteiger partial charge >= 0.3 is 5.97 Å². The van der Waals surface area contributed by atoms with E-state index in [1.165, 1.54) is 7.11 Å². The topological polar surface area (TPSA) is 55.8 Å². The largest absolute Gasteiger partial charge is 0.469 e. The summed E-state index contributed by atoms with van der Waals surface area (Å²) in [6.07, 6.45) is 1.34. The van der Waals surface area contributed by atoms with Gasteiger partial charge < -0.3 is 14.3 Å². The van der Waals surface area contributed by atoms with E-state index in [2.05, 4.69) is 40.4 Å². The molecule has 0 aliphatic heterocycles. The van der Waals surface area contributed by atoms with Crippen LogP contribution < -0.4 is 0 Å². The molecule has 2 atom stereocenters. The number of carbonyl (C=O) groups excluding carboxylic acids is 1. The van der Waals surface area contributed by atoms with E-state index >= 15 is 0 Å². The number of methoxy groups -OCH3 is 1. The van der Waals surface area contributed by atoms with Crippen molar-refractivity contribution < 1.29 is 19.1 Å². The molecule has 0 radical (unpaired) electrons. The lowest BCUT2D eigenvalue weighted by Crippen LogP contribution is -2.45. The normalized spacial score (nSPS) is 17.2. The molecule has 20 heavy (non-hydrogen) atoms. The molecule has 1 unspecified atom stereocenters. The number of carbonyl (C=O) groups is 1. The first kappa shape index (κ1) is 19.3. The van der Waals surface area contributed by atoms with Crippen molar-refractivity contribution in [1.82, 2.24) is 0 Å². The van der Waals surface area contributed by atoms with Crippen LogP contribution in [-0.2, 0) is 14.0 Å². The van der Waals surface area contributed by atoms with Crippen LogP contribution in [0.3, 0.4) is 0 Å². The van der Waals surface area contributed by atoms with Crippen molar-refractivity contribution >= 4 is 14.3 Å². The second kappa shape index (κ2) is 6.87. The van der Waals surface area contributed by atoms with Gasteiger partial charge in [0.05, 0.1) is 12.5 Å². The Balaban J connectivity index is 4.91. The molecule has 0 saturated carbocycles. The van der Waals surface area contributed by atoms with Crippen molar-refractivity contribution in [2.75, 3.05) is 7.11 Å². The summed E-state index contributed by atoms with van der Waals surface area (Å²) in [6, 6.07) is 0. The molecule has 0 rings (SSSR count). The van der Waals surface area contributed by atoms with Gasteiger partial charge in [-0.05, 0) is 31.5 Å². The molecule has 0 spiro atoms. The molecular weight excluding hydrogens is 272 g/mol. The van der Waals surface area contributed by atoms with Crippen LogP contribution in [0.1, 0.15) is 40.5 Å². The fourth-order valence-corrected chi connectivity index (χ4v) is 2.88. The Morgan fingerprint density at radius 2 is 1.85 bits per heavy atom. The molecular formula is C15H30O4Si. The van der Waals surface area contributed by atoms with E-state index in [1.54, 1.807) is 13.0 Å². The lowest BCUT2D eigenvalue weighted by atomic mass is 9.83. The van der Waals surface area contributed by atoms with Crippen LogP contribution in [0.4, 0.5) is 0 Å². The number of allylic oxidation sites excluding steroid dienone is 1. The summed E-state index contributed by atoms with van der Waals surface area (Å²) in [5, 5.41) is 10.2. The van der Waals surface area contributed by atoms with E-state index in [-0.39, 0.29) is 17.4 Å². The van der Waals surface area contributed by atoms with Gasteiger partial charge in [0.1, 0.15) is 6.29 Å². The summed E-state index contributed by atoms with van der Waals surface area (Å²) in [7, 11) is -0.712. The summed E-state index contributed by atoms with van der Waals surface area (Å²) >= 11 is 0. The van der Waals surface area contributed by atoms with Crippen LogP contribution in [0.5, 0.6) is 0 Å². The molecule has 0 amide bonds. The molecule has 0 heterocycles. The van der Waals surface area contributed by atoms with E-state index in [9.17, 15) is 9.90 Å². The number of aliphatic hydroxyl groups excluding tert-OH is 1. The lowest BCUT2D eigenvalue weighted by Gasteiger charge is -2.39. The Bertz CT molecular complexity index is 346. The highest BCUT2D eigenvalue weighted by Crippen LogP contribution is 2.39. The summed E-state index contributed by atoms with van der Waals surface area (Å²) in [5.41, 5.74) is -0.807. The van der Waals surface area contributed by atoms with Crippen molar-refractivity contribution in [3.63, 3.8) is 0 Å². The predicted octanol–water partition coefficient (Wildman–Crippen LogP) is 3.47. The third kappa shape index (κ3) is 5.03. The van der Waals surface area contributed by atoms with Crippen LogP contribution >= 0.6 is 0 Å². The Morgan fingerprint density at radius 1 is 1.35 bits per heavy atom. The number of hydrogen-bond acceptors (Lipinski definition) is 4. The molecule has 1 N–H and O–H groups in total. The Kier molecular flexibility index (Phi) is 6.65. The van der Waals surface area contributed by atoms with Gasteiger partial charge in [0.2, 0.25) is 0 Å². The third-order valence-electron chi connectivity index (χ3n) is 4.14. The van der Waals surface area contributed by atoms with E-state index in [0.29, 0.717) is 6.42 Å². The van der Waals surface area contributed by atoms with Gasteiger partial charge in [-0.1, -0.05) is 26.8 Å². The van der Waals surface area contributed by atoms with E-state index in [1.807, 2.05) is 0 Å². The Hall–Kier alpha value is -0.653. The zero-order chi connectivity index (χ0) is 16.2. The van der Waals surface area contributed by atoms with Gasteiger partial charge in [0.25, 0.3) is 0 Å². The standard InChI is InChI=1S/C15H30O4Si/c1-9-10-15(5,13(17)18-6)11-12(16)19-20(7,8)14(2,3)4/h9,12,16H,1,10-11H2,2-8H3/t12-,15?/m0/s1. The van der Waals surface area contributed by atoms with Crippen molar-refractivity contribution in [2.24, 2.45) is 5.41 Å². The predicted molar refractivity (Wildman–Crippen MR) is 83.8 cm³/mol. The van der Waals surface area contributed by atoms with Gasteiger partial charge in [-0.15, -0.1) is 6.58 Å². The van der Waals surface area contributed by atoms with Gasteiger partial charge in [0.15, 0.2) is 8.32 Å². The number of rotatable bonds is 7. The van der Waals surface area contributed by atoms with Crippen LogP contribution in [0.25, 0.3) is 0 Å².